The van der Waals surface area contributed by atoms with Gasteiger partial charge in [0.05, 0.1) is 42.0 Å². The topological polar surface area (TPSA) is 88.6 Å². The lowest BCUT2D eigenvalue weighted by Gasteiger charge is -2.34. The predicted octanol–water partition coefficient (Wildman–Crippen LogP) is 3.86. The number of benzene rings is 1. The highest BCUT2D eigenvalue weighted by molar-refractivity contribution is 6.30. The number of urea groups is 1. The molecule has 0 bridgehead atoms. The van der Waals surface area contributed by atoms with Gasteiger partial charge >= 0.3 is 6.03 Å². The number of anilines is 1. The van der Waals surface area contributed by atoms with E-state index in [1.807, 2.05) is 0 Å². The summed E-state index contributed by atoms with van der Waals surface area (Å²) in [6, 6.07) is 2.64. The number of carbonyl (C=O) groups excluding carboxylic acids is 1. The van der Waals surface area contributed by atoms with Crippen molar-refractivity contribution in [3.05, 3.63) is 52.1 Å². The molecule has 184 valence electrons. The molecular weight excluding hydrogens is 475 g/mol. The van der Waals surface area contributed by atoms with Gasteiger partial charge in [-0.3, -0.25) is 0 Å². The van der Waals surface area contributed by atoms with Gasteiger partial charge in [0.25, 0.3) is 5.92 Å². The molecule has 0 spiro atoms. The number of hydrogen-bond acceptors (Lipinski definition) is 6. The van der Waals surface area contributed by atoms with Gasteiger partial charge in [-0.1, -0.05) is 17.7 Å². The second-order valence-electron chi connectivity index (χ2n) is 8.28. The Balaban J connectivity index is 1.50. The molecule has 4 rings (SSSR count). The van der Waals surface area contributed by atoms with Crippen molar-refractivity contribution in [2.75, 3.05) is 38.8 Å². The highest BCUT2D eigenvalue weighted by Gasteiger charge is 2.43. The number of aromatic nitrogens is 2. The number of halogens is 4. The van der Waals surface area contributed by atoms with Gasteiger partial charge in [-0.15, -0.1) is 0 Å². The average molecular weight is 500 g/mol. The number of ether oxygens (including phenoxy) is 2. The van der Waals surface area contributed by atoms with E-state index in [0.29, 0.717) is 18.8 Å². The third-order valence-electron chi connectivity index (χ3n) is 5.81. The van der Waals surface area contributed by atoms with Gasteiger partial charge in [0, 0.05) is 32.6 Å². The first-order chi connectivity index (χ1) is 16.3. The first-order valence-corrected chi connectivity index (χ1v) is 11.2. The van der Waals surface area contributed by atoms with E-state index in [1.54, 1.807) is 0 Å². The zero-order valence-corrected chi connectivity index (χ0v) is 19.2. The van der Waals surface area contributed by atoms with Crippen molar-refractivity contribution in [3.8, 4) is 0 Å². The molecule has 1 aromatic heterocycles. The normalized spacial score (nSPS) is 18.8. The molecule has 2 aliphatic heterocycles. The Hall–Kier alpha value is -2.63. The number of nitrogens with one attached hydrogen (secondary N) is 2. The molecule has 2 amide bonds. The van der Waals surface area contributed by atoms with E-state index in [1.165, 1.54) is 25.3 Å². The Morgan fingerprint density at radius 2 is 2.15 bits per heavy atom. The van der Waals surface area contributed by atoms with Gasteiger partial charge in [-0.05, 0) is 30.5 Å². The Labute approximate surface area is 199 Å². The predicted molar refractivity (Wildman–Crippen MR) is 118 cm³/mol. The van der Waals surface area contributed by atoms with Crippen molar-refractivity contribution in [1.82, 2.24) is 20.2 Å². The van der Waals surface area contributed by atoms with Gasteiger partial charge in [0.2, 0.25) is 5.95 Å². The maximum Gasteiger partial charge on any atom is 0.318 e. The summed E-state index contributed by atoms with van der Waals surface area (Å²) in [5.41, 5.74) is 0.158. The minimum Gasteiger partial charge on any atom is -0.382 e. The average Bonchev–Trinajstić information content (AvgIpc) is 2.80. The van der Waals surface area contributed by atoms with Gasteiger partial charge in [0.15, 0.2) is 0 Å². The molecule has 3 heterocycles. The molecule has 0 saturated carbocycles. The molecule has 1 unspecified atom stereocenters. The van der Waals surface area contributed by atoms with E-state index in [4.69, 9.17) is 21.1 Å². The smallest absolute Gasteiger partial charge is 0.318 e. The van der Waals surface area contributed by atoms with Gasteiger partial charge < -0.3 is 25.0 Å². The lowest BCUT2D eigenvalue weighted by Crippen LogP contribution is -2.49. The molecule has 2 aromatic rings. The summed E-state index contributed by atoms with van der Waals surface area (Å²) < 4.78 is 54.1. The van der Waals surface area contributed by atoms with Crippen molar-refractivity contribution in [1.29, 1.82) is 0 Å². The minimum absolute atomic E-state index is 0.00890. The zero-order chi connectivity index (χ0) is 24.3. The maximum absolute atomic E-state index is 14.9. The second kappa shape index (κ2) is 10.3. The third kappa shape index (κ3) is 5.53. The summed E-state index contributed by atoms with van der Waals surface area (Å²) in [6.45, 7) is 0.256. The van der Waals surface area contributed by atoms with E-state index in [-0.39, 0.29) is 41.4 Å². The molecule has 2 aliphatic rings. The Bertz CT molecular complexity index is 1040. The number of hydrogen-bond donors (Lipinski definition) is 2. The van der Waals surface area contributed by atoms with E-state index < -0.39 is 30.4 Å². The van der Waals surface area contributed by atoms with Gasteiger partial charge in [-0.25, -0.2) is 19.2 Å². The molecule has 0 radical (unpaired) electrons. The van der Waals surface area contributed by atoms with Crippen LogP contribution in [0.5, 0.6) is 0 Å². The molecule has 12 heteroatoms. The number of carbonyl (C=O) groups is 1. The van der Waals surface area contributed by atoms with Crippen molar-refractivity contribution < 1.29 is 27.4 Å². The molecule has 1 fully saturated rings. The van der Waals surface area contributed by atoms with Crippen molar-refractivity contribution in [2.24, 2.45) is 0 Å². The molecule has 1 aromatic carbocycles. The minimum atomic E-state index is -3.33. The molecule has 34 heavy (non-hydrogen) atoms. The van der Waals surface area contributed by atoms with Crippen molar-refractivity contribution in [2.45, 2.75) is 37.4 Å². The summed E-state index contributed by atoms with van der Waals surface area (Å²) in [5, 5.41) is 5.73. The Morgan fingerprint density at radius 3 is 2.85 bits per heavy atom. The van der Waals surface area contributed by atoms with Crippen LogP contribution in [0.15, 0.2) is 24.4 Å². The van der Waals surface area contributed by atoms with Crippen molar-refractivity contribution >= 4 is 23.6 Å². The van der Waals surface area contributed by atoms with Crippen LogP contribution in [-0.4, -0.2) is 60.4 Å². The second-order valence-corrected chi connectivity index (χ2v) is 8.68. The third-order valence-corrected chi connectivity index (χ3v) is 6.12. The quantitative estimate of drug-likeness (QED) is 0.627. The summed E-state index contributed by atoms with van der Waals surface area (Å²) in [7, 11) is 1.42. The largest absolute Gasteiger partial charge is 0.382 e. The zero-order valence-electron chi connectivity index (χ0n) is 18.5. The molecule has 2 N–H and O–H groups in total. The number of nitrogens with zero attached hydrogens (tertiary/aromatic N) is 3. The van der Waals surface area contributed by atoms with Crippen LogP contribution in [0.3, 0.4) is 0 Å². The fraction of sp³-hybridized carbons (Fsp3) is 0.500. The summed E-state index contributed by atoms with van der Waals surface area (Å²) >= 11 is 5.73. The summed E-state index contributed by atoms with van der Waals surface area (Å²) in [6.07, 6.45) is 2.64. The fourth-order valence-corrected chi connectivity index (χ4v) is 4.12. The van der Waals surface area contributed by atoms with Gasteiger partial charge in [-0.2, -0.15) is 8.78 Å². The van der Waals surface area contributed by atoms with Crippen LogP contribution in [0, 0.1) is 5.82 Å². The highest BCUT2D eigenvalue weighted by atomic mass is 35.5. The van der Waals surface area contributed by atoms with Crippen LogP contribution in [0.1, 0.15) is 35.7 Å². The Morgan fingerprint density at radius 1 is 1.38 bits per heavy atom. The molecule has 1 saturated heterocycles. The Kier molecular flexibility index (Phi) is 7.44. The lowest BCUT2D eigenvalue weighted by atomic mass is 10.0. The number of rotatable bonds is 6. The summed E-state index contributed by atoms with van der Waals surface area (Å²) in [5.74, 6) is -3.75. The maximum atomic E-state index is 14.9. The molecular formula is C22H25ClF3N5O3. The molecule has 0 aliphatic carbocycles. The number of fused-ring (bicyclic) bond motifs is 1. The monoisotopic (exact) mass is 499 g/mol. The van der Waals surface area contributed by atoms with E-state index in [9.17, 15) is 18.0 Å². The number of methoxy groups -OCH3 is 1. The number of alkyl halides is 2. The standard InChI is InChI=1S/C22H25ClF3N5O3/c1-33-11-19(13-2-3-16(23)17(24)8-13)30-21(32)31-10-18-15(22(25,26)12-31)9-27-20(29-18)28-14-4-6-34-7-5-14/h2-3,8-9,14,19H,4-7,10-12H2,1H3,(H,30,32)(H,27,28,29). The lowest BCUT2D eigenvalue weighted by molar-refractivity contribution is -0.0427. The van der Waals surface area contributed by atoms with Crippen LogP contribution in [0.4, 0.5) is 23.9 Å². The first-order valence-electron chi connectivity index (χ1n) is 10.8. The molecule has 8 nitrogen and oxygen atoms in total. The van der Waals surface area contributed by atoms with Crippen LogP contribution >= 0.6 is 11.6 Å². The van der Waals surface area contributed by atoms with E-state index in [0.717, 1.165) is 23.9 Å². The molecule has 1 atom stereocenters. The van der Waals surface area contributed by atoms with Crippen LogP contribution in [-0.2, 0) is 21.9 Å². The van der Waals surface area contributed by atoms with Crippen LogP contribution < -0.4 is 10.6 Å². The van der Waals surface area contributed by atoms with Gasteiger partial charge in [0.1, 0.15) is 5.82 Å². The SMILES string of the molecule is COCC(NC(=O)N1Cc2nc(NC3CCOCC3)ncc2C(F)(F)C1)c1ccc(Cl)c(F)c1. The van der Waals surface area contributed by atoms with Crippen molar-refractivity contribution in [3.63, 3.8) is 0 Å². The first kappa shape index (κ1) is 24.5. The van der Waals surface area contributed by atoms with Crippen LogP contribution in [0.2, 0.25) is 5.02 Å². The van der Waals surface area contributed by atoms with E-state index in [2.05, 4.69) is 20.6 Å². The number of amides is 2. The van der Waals surface area contributed by atoms with Crippen LogP contribution in [0.25, 0.3) is 0 Å². The summed E-state index contributed by atoms with van der Waals surface area (Å²) in [4.78, 5) is 22.2. The highest BCUT2D eigenvalue weighted by Crippen LogP contribution is 2.36. The van der Waals surface area contributed by atoms with E-state index >= 15 is 0 Å². The fourth-order valence-electron chi connectivity index (χ4n) is 4.00.